The minimum atomic E-state index is -0.617. The largest absolute Gasteiger partial charge is 0.508 e. The van der Waals surface area contributed by atoms with E-state index in [0.717, 1.165) is 5.56 Å². The average molecular weight is 381 g/mol. The van der Waals surface area contributed by atoms with E-state index >= 15 is 0 Å². The predicted molar refractivity (Wildman–Crippen MR) is 108 cm³/mol. The maximum atomic E-state index is 12.4. The van der Waals surface area contributed by atoms with Crippen LogP contribution in [0.1, 0.15) is 18.1 Å². The first-order valence-corrected chi connectivity index (χ1v) is 9.25. The number of phenolic OH excluding ortho intramolecular Hbond substituents is 1. The number of aliphatic hydroxyl groups is 1. The standard InChI is InChI=1S/C21H19NO4S/c1-3-26-21(25)18-19(24)17(12-14-8-6-9-15(23)11-14)27-20(18)22-16-10-5-4-7-13(16)2/h4-12,23-24H,3H2,1-2H3. The molecule has 0 aliphatic carbocycles. The number of benzene rings is 2. The lowest BCUT2D eigenvalue weighted by Gasteiger charge is -2.05. The van der Waals surface area contributed by atoms with Gasteiger partial charge >= 0.3 is 5.97 Å². The van der Waals surface area contributed by atoms with E-state index in [1.807, 2.05) is 31.2 Å². The van der Waals surface area contributed by atoms with E-state index in [-0.39, 0.29) is 23.7 Å². The highest BCUT2D eigenvalue weighted by molar-refractivity contribution is 8.18. The molecule has 0 saturated carbocycles. The Morgan fingerprint density at radius 2 is 1.96 bits per heavy atom. The second-order valence-corrected chi connectivity index (χ2v) is 6.88. The average Bonchev–Trinajstić information content (AvgIpc) is 2.92. The number of carbonyl (C=O) groups is 1. The van der Waals surface area contributed by atoms with Crippen LogP contribution >= 0.6 is 11.8 Å². The van der Waals surface area contributed by atoms with Crippen LogP contribution in [0.3, 0.4) is 0 Å². The van der Waals surface area contributed by atoms with Gasteiger partial charge in [-0.3, -0.25) is 0 Å². The fourth-order valence-corrected chi connectivity index (χ4v) is 3.58. The number of para-hydroxylation sites is 1. The van der Waals surface area contributed by atoms with E-state index in [2.05, 4.69) is 4.99 Å². The fourth-order valence-electron chi connectivity index (χ4n) is 2.56. The lowest BCUT2D eigenvalue weighted by molar-refractivity contribution is -0.138. The molecular formula is C21H19NO4S. The summed E-state index contributed by atoms with van der Waals surface area (Å²) in [5.41, 5.74) is 2.42. The molecule has 1 aliphatic rings. The van der Waals surface area contributed by atoms with Gasteiger partial charge in [0.2, 0.25) is 0 Å². The summed E-state index contributed by atoms with van der Waals surface area (Å²) in [7, 11) is 0. The third-order valence-electron chi connectivity index (χ3n) is 3.88. The maximum absolute atomic E-state index is 12.4. The summed E-state index contributed by atoms with van der Waals surface area (Å²) in [6.45, 7) is 3.83. The molecule has 0 atom stereocenters. The number of ether oxygens (including phenoxy) is 1. The van der Waals surface area contributed by atoms with E-state index in [9.17, 15) is 15.0 Å². The number of hydrogen-bond donors (Lipinski definition) is 2. The van der Waals surface area contributed by atoms with Gasteiger partial charge in [-0.15, -0.1) is 0 Å². The molecule has 0 aromatic heterocycles. The Hall–Kier alpha value is -2.99. The predicted octanol–water partition coefficient (Wildman–Crippen LogP) is 4.89. The number of aryl methyl sites for hydroxylation is 1. The first-order valence-electron chi connectivity index (χ1n) is 8.43. The number of aromatic hydroxyl groups is 1. The number of esters is 1. The van der Waals surface area contributed by atoms with Crippen molar-refractivity contribution >= 4 is 34.5 Å². The molecule has 1 aliphatic heterocycles. The Balaban J connectivity index is 2.07. The molecule has 0 bridgehead atoms. The fraction of sp³-hybridized carbons (Fsp3) is 0.143. The third-order valence-corrected chi connectivity index (χ3v) is 4.90. The Morgan fingerprint density at radius 3 is 2.67 bits per heavy atom. The van der Waals surface area contributed by atoms with Crippen LogP contribution in [0, 0.1) is 6.92 Å². The lowest BCUT2D eigenvalue weighted by Crippen LogP contribution is -2.12. The minimum Gasteiger partial charge on any atom is -0.508 e. The number of carbonyl (C=O) groups excluding carboxylic acids is 1. The zero-order valence-electron chi connectivity index (χ0n) is 15.0. The lowest BCUT2D eigenvalue weighted by atomic mass is 10.1. The zero-order chi connectivity index (χ0) is 19.4. The molecule has 6 heteroatoms. The van der Waals surface area contributed by atoms with Gasteiger partial charge in [0, 0.05) is 0 Å². The molecule has 0 unspecified atom stereocenters. The molecule has 3 rings (SSSR count). The highest BCUT2D eigenvalue weighted by Crippen LogP contribution is 2.40. The van der Waals surface area contributed by atoms with Crippen molar-refractivity contribution in [3.05, 3.63) is 75.9 Å². The molecule has 0 spiro atoms. The van der Waals surface area contributed by atoms with Crippen LogP contribution < -0.4 is 0 Å². The zero-order valence-corrected chi connectivity index (χ0v) is 15.8. The summed E-state index contributed by atoms with van der Waals surface area (Å²) in [6.07, 6.45) is 1.69. The monoisotopic (exact) mass is 381 g/mol. The van der Waals surface area contributed by atoms with E-state index in [1.165, 1.54) is 11.8 Å². The van der Waals surface area contributed by atoms with E-state index < -0.39 is 5.97 Å². The third kappa shape index (κ3) is 4.23. The Bertz CT molecular complexity index is 976. The normalized spacial score (nSPS) is 17.0. The van der Waals surface area contributed by atoms with Crippen LogP contribution in [-0.2, 0) is 9.53 Å². The van der Waals surface area contributed by atoms with Gasteiger partial charge in [-0.1, -0.05) is 42.1 Å². The van der Waals surface area contributed by atoms with Crippen molar-refractivity contribution in [2.24, 2.45) is 4.99 Å². The maximum Gasteiger partial charge on any atom is 0.344 e. The number of nitrogens with zero attached hydrogens (tertiary/aromatic N) is 1. The van der Waals surface area contributed by atoms with Crippen molar-refractivity contribution in [2.45, 2.75) is 13.8 Å². The van der Waals surface area contributed by atoms with Gasteiger partial charge < -0.3 is 14.9 Å². The highest BCUT2D eigenvalue weighted by atomic mass is 32.2. The molecule has 2 N–H and O–H groups in total. The van der Waals surface area contributed by atoms with Crippen molar-refractivity contribution in [2.75, 3.05) is 6.61 Å². The number of thioether (sulfide) groups is 1. The topological polar surface area (TPSA) is 79.1 Å². The quantitative estimate of drug-likeness (QED) is 0.737. The minimum absolute atomic E-state index is 0.0523. The molecule has 0 saturated heterocycles. The van der Waals surface area contributed by atoms with Crippen molar-refractivity contribution in [3.8, 4) is 5.75 Å². The van der Waals surface area contributed by atoms with E-state index in [1.54, 1.807) is 37.3 Å². The highest BCUT2D eigenvalue weighted by Gasteiger charge is 2.33. The van der Waals surface area contributed by atoms with Crippen LogP contribution in [0.15, 0.2) is 69.8 Å². The van der Waals surface area contributed by atoms with Gasteiger partial charge in [-0.2, -0.15) is 0 Å². The summed E-state index contributed by atoms with van der Waals surface area (Å²) in [5, 5.41) is 20.7. The smallest absolute Gasteiger partial charge is 0.344 e. The van der Waals surface area contributed by atoms with E-state index in [4.69, 9.17) is 4.74 Å². The molecular weight excluding hydrogens is 362 g/mol. The van der Waals surface area contributed by atoms with Crippen LogP contribution in [0.2, 0.25) is 0 Å². The van der Waals surface area contributed by atoms with Crippen LogP contribution in [0.25, 0.3) is 6.08 Å². The van der Waals surface area contributed by atoms with E-state index in [0.29, 0.717) is 21.2 Å². The summed E-state index contributed by atoms with van der Waals surface area (Å²) < 4.78 is 5.09. The van der Waals surface area contributed by atoms with Gasteiger partial charge in [0.05, 0.1) is 17.2 Å². The number of aliphatic imine (C=N–C) groups is 1. The Morgan fingerprint density at radius 1 is 1.19 bits per heavy atom. The SMILES string of the molecule is CCOC(=O)C1=C(O)C(=Cc2cccc(O)c2)SC1=Nc1ccccc1C. The number of aliphatic hydroxyl groups excluding tert-OH is 1. The number of phenols is 1. The summed E-state index contributed by atoms with van der Waals surface area (Å²) in [6, 6.07) is 14.2. The number of rotatable bonds is 4. The summed E-state index contributed by atoms with van der Waals surface area (Å²) in [4.78, 5) is 17.4. The molecule has 138 valence electrons. The summed E-state index contributed by atoms with van der Waals surface area (Å²) >= 11 is 1.19. The van der Waals surface area contributed by atoms with Crippen LogP contribution in [0.5, 0.6) is 5.75 Å². The Kier molecular flexibility index (Phi) is 5.66. The molecule has 2 aromatic carbocycles. The van der Waals surface area contributed by atoms with Crippen molar-refractivity contribution < 1.29 is 19.7 Å². The molecule has 1 heterocycles. The van der Waals surface area contributed by atoms with Crippen molar-refractivity contribution in [3.63, 3.8) is 0 Å². The molecule has 0 radical (unpaired) electrons. The second kappa shape index (κ2) is 8.14. The van der Waals surface area contributed by atoms with Gasteiger partial charge in [0.15, 0.2) is 0 Å². The first-order chi connectivity index (χ1) is 13.0. The van der Waals surface area contributed by atoms with Crippen LogP contribution in [-0.4, -0.2) is 27.8 Å². The second-order valence-electron chi connectivity index (χ2n) is 5.85. The molecule has 27 heavy (non-hydrogen) atoms. The Labute approximate surface area is 161 Å². The molecule has 0 amide bonds. The van der Waals surface area contributed by atoms with Gasteiger partial charge in [-0.05, 0) is 49.2 Å². The molecule has 2 aromatic rings. The van der Waals surface area contributed by atoms with Crippen LogP contribution in [0.4, 0.5) is 5.69 Å². The summed E-state index contributed by atoms with van der Waals surface area (Å²) in [5.74, 6) is -0.668. The van der Waals surface area contributed by atoms with Gasteiger partial charge in [-0.25, -0.2) is 9.79 Å². The molecule has 5 nitrogen and oxygen atoms in total. The number of hydrogen-bond acceptors (Lipinski definition) is 6. The molecule has 0 fully saturated rings. The van der Waals surface area contributed by atoms with Gasteiger partial charge in [0.25, 0.3) is 0 Å². The van der Waals surface area contributed by atoms with Crippen molar-refractivity contribution in [1.82, 2.24) is 0 Å². The van der Waals surface area contributed by atoms with Gasteiger partial charge in [0.1, 0.15) is 22.1 Å². The first kappa shape index (κ1) is 18.8. The van der Waals surface area contributed by atoms with Crippen molar-refractivity contribution in [1.29, 1.82) is 0 Å².